The molecule has 1 fully saturated rings. The Morgan fingerprint density at radius 3 is 2.88 bits per heavy atom. The molecule has 0 bridgehead atoms. The molecular weight excluding hydrogens is 334 g/mol. The van der Waals surface area contributed by atoms with Gasteiger partial charge in [-0.15, -0.1) is 0 Å². The van der Waals surface area contributed by atoms with E-state index in [1.54, 1.807) is 25.7 Å². The van der Waals surface area contributed by atoms with Gasteiger partial charge >= 0.3 is 11.8 Å². The lowest BCUT2D eigenvalue weighted by Gasteiger charge is -2.28. The minimum Gasteiger partial charge on any atom is -0.444 e. The molecule has 1 amide bonds. The van der Waals surface area contributed by atoms with Crippen molar-refractivity contribution in [2.45, 2.75) is 50.3 Å². The smallest absolute Gasteiger partial charge is 0.410 e. The Morgan fingerprint density at radius 1 is 1.54 bits per heavy atom. The Balaban J connectivity index is 2.11. The van der Waals surface area contributed by atoms with E-state index in [0.717, 1.165) is 6.42 Å². The number of carbonyl (C=O) groups is 1. The molecule has 1 aromatic rings. The van der Waals surface area contributed by atoms with Crippen molar-refractivity contribution in [3.8, 4) is 0 Å². The van der Waals surface area contributed by atoms with E-state index >= 15 is 0 Å². The summed E-state index contributed by atoms with van der Waals surface area (Å²) in [6.45, 7) is 5.88. The lowest BCUT2D eigenvalue weighted by atomic mass is 10.2. The van der Waals surface area contributed by atoms with E-state index in [9.17, 15) is 19.1 Å². The summed E-state index contributed by atoms with van der Waals surface area (Å²) in [5.41, 5.74) is -0.874. The van der Waals surface area contributed by atoms with Crippen LogP contribution in [0.3, 0.4) is 0 Å². The predicted octanol–water partition coefficient (Wildman–Crippen LogP) is 2.50. The molecule has 0 aromatic carbocycles. The van der Waals surface area contributed by atoms with Gasteiger partial charge in [-0.25, -0.2) is 9.78 Å². The van der Waals surface area contributed by atoms with Crippen LogP contribution in [0, 0.1) is 10.1 Å². The molecule has 8 nitrogen and oxygen atoms in total. The van der Waals surface area contributed by atoms with Gasteiger partial charge in [-0.05, 0) is 39.7 Å². The number of ether oxygens (including phenoxy) is 1. The van der Waals surface area contributed by atoms with Crippen LogP contribution in [0.25, 0.3) is 0 Å². The number of amides is 1. The van der Waals surface area contributed by atoms with Crippen LogP contribution in [0.1, 0.15) is 33.6 Å². The van der Waals surface area contributed by atoms with Crippen molar-refractivity contribution in [2.75, 3.05) is 12.3 Å². The van der Waals surface area contributed by atoms with E-state index in [-0.39, 0.29) is 22.5 Å². The Morgan fingerprint density at radius 2 is 2.25 bits per heavy atom. The van der Waals surface area contributed by atoms with Crippen molar-refractivity contribution in [2.24, 2.45) is 0 Å². The molecule has 0 N–H and O–H groups in total. The first-order chi connectivity index (χ1) is 11.2. The zero-order valence-corrected chi connectivity index (χ0v) is 14.7. The van der Waals surface area contributed by atoms with Crippen LogP contribution in [-0.2, 0) is 15.5 Å². The van der Waals surface area contributed by atoms with Crippen molar-refractivity contribution < 1.29 is 18.7 Å². The van der Waals surface area contributed by atoms with Crippen LogP contribution in [0.2, 0.25) is 0 Å². The summed E-state index contributed by atoms with van der Waals surface area (Å²) in [4.78, 5) is 28.1. The van der Waals surface area contributed by atoms with Crippen LogP contribution in [0.4, 0.5) is 10.5 Å². The second-order valence-corrected chi connectivity index (χ2v) is 7.98. The van der Waals surface area contributed by atoms with Crippen molar-refractivity contribution in [1.82, 2.24) is 9.88 Å². The van der Waals surface area contributed by atoms with Crippen molar-refractivity contribution in [3.05, 3.63) is 28.4 Å². The van der Waals surface area contributed by atoms with Gasteiger partial charge < -0.3 is 9.64 Å². The van der Waals surface area contributed by atoms with Gasteiger partial charge in [0.05, 0.1) is 21.5 Å². The standard InChI is InChI=1S/C15H21N3O5S/c1-15(2,3)23-14(19)17-9-5-6-11(17)10-24(22)13-12(18(20)21)7-4-8-16-13/h4,7-8,11H,5-6,9-10H2,1-3H3/t11-,24-/m1/s1. The maximum absolute atomic E-state index is 12.5. The normalized spacial score (nSPS) is 19.1. The molecule has 0 radical (unpaired) electrons. The molecule has 9 heteroatoms. The van der Waals surface area contributed by atoms with Crippen LogP contribution in [0.5, 0.6) is 0 Å². The number of carbonyl (C=O) groups excluding carboxylic acids is 1. The van der Waals surface area contributed by atoms with Crippen molar-refractivity contribution >= 4 is 22.6 Å². The largest absolute Gasteiger partial charge is 0.444 e. The van der Waals surface area contributed by atoms with E-state index in [2.05, 4.69) is 4.98 Å². The maximum atomic E-state index is 12.5. The van der Waals surface area contributed by atoms with Crippen molar-refractivity contribution in [1.29, 1.82) is 0 Å². The summed E-state index contributed by atoms with van der Waals surface area (Å²) < 4.78 is 17.9. The summed E-state index contributed by atoms with van der Waals surface area (Å²) in [7, 11) is -1.67. The molecule has 2 rings (SSSR count). The summed E-state index contributed by atoms with van der Waals surface area (Å²) >= 11 is 0. The third-order valence-electron chi connectivity index (χ3n) is 3.51. The summed E-state index contributed by atoms with van der Waals surface area (Å²) in [6, 6.07) is 2.43. The number of hydrogen-bond donors (Lipinski definition) is 0. The summed E-state index contributed by atoms with van der Waals surface area (Å²) in [5, 5.41) is 11.0. The lowest BCUT2D eigenvalue weighted by Crippen LogP contribution is -2.42. The van der Waals surface area contributed by atoms with Gasteiger partial charge in [-0.3, -0.25) is 14.3 Å². The quantitative estimate of drug-likeness (QED) is 0.607. The molecule has 0 aliphatic carbocycles. The number of hydrogen-bond acceptors (Lipinski definition) is 6. The fraction of sp³-hybridized carbons (Fsp3) is 0.600. The van der Waals surface area contributed by atoms with E-state index in [1.807, 2.05) is 0 Å². The lowest BCUT2D eigenvalue weighted by molar-refractivity contribution is -0.388. The molecule has 132 valence electrons. The van der Waals surface area contributed by atoms with E-state index in [0.29, 0.717) is 13.0 Å². The van der Waals surface area contributed by atoms with Crippen LogP contribution >= 0.6 is 0 Å². The number of rotatable bonds is 4. The molecule has 1 aliphatic heterocycles. The minimum atomic E-state index is -1.67. The zero-order valence-electron chi connectivity index (χ0n) is 13.9. The fourth-order valence-corrected chi connectivity index (χ4v) is 3.93. The van der Waals surface area contributed by atoms with Crippen molar-refractivity contribution in [3.63, 3.8) is 0 Å². The van der Waals surface area contributed by atoms with Crippen LogP contribution in [0.15, 0.2) is 23.4 Å². The van der Waals surface area contributed by atoms with E-state index < -0.39 is 27.4 Å². The highest BCUT2D eigenvalue weighted by Crippen LogP contribution is 2.25. The summed E-state index contributed by atoms with van der Waals surface area (Å²) in [5.74, 6) is 0.108. The first kappa shape index (κ1) is 18.3. The van der Waals surface area contributed by atoms with Gasteiger partial charge in [0.1, 0.15) is 5.60 Å². The van der Waals surface area contributed by atoms with Gasteiger partial charge in [0.25, 0.3) is 0 Å². The zero-order chi connectivity index (χ0) is 17.9. The third-order valence-corrected chi connectivity index (χ3v) is 4.95. The average molecular weight is 355 g/mol. The first-order valence-corrected chi connectivity index (χ1v) is 8.98. The number of aromatic nitrogens is 1. The number of pyridine rings is 1. The molecule has 0 unspecified atom stereocenters. The molecule has 0 saturated carbocycles. The molecule has 1 aromatic heterocycles. The Bertz CT molecular complexity index is 659. The molecule has 24 heavy (non-hydrogen) atoms. The second-order valence-electron chi connectivity index (χ2n) is 6.57. The Hall–Kier alpha value is -2.03. The minimum absolute atomic E-state index is 0.0569. The van der Waals surface area contributed by atoms with E-state index in [1.165, 1.54) is 18.3 Å². The Labute approximate surface area is 142 Å². The molecular formula is C15H21N3O5S. The van der Waals surface area contributed by atoms with Gasteiger partial charge in [0.15, 0.2) is 0 Å². The topological polar surface area (TPSA) is 103 Å². The summed E-state index contributed by atoms with van der Waals surface area (Å²) in [6.07, 6.45) is 2.40. The van der Waals surface area contributed by atoms with Gasteiger partial charge in [0, 0.05) is 24.8 Å². The average Bonchev–Trinajstić information content (AvgIpc) is 2.93. The highest BCUT2D eigenvalue weighted by Gasteiger charge is 2.34. The molecule has 0 spiro atoms. The van der Waals surface area contributed by atoms with Crippen LogP contribution < -0.4 is 0 Å². The number of likely N-dealkylation sites (tertiary alicyclic amines) is 1. The van der Waals surface area contributed by atoms with Gasteiger partial charge in [-0.2, -0.15) is 0 Å². The maximum Gasteiger partial charge on any atom is 0.410 e. The molecule has 1 aliphatic rings. The van der Waals surface area contributed by atoms with Gasteiger partial charge in [0.2, 0.25) is 5.03 Å². The monoisotopic (exact) mass is 355 g/mol. The molecule has 2 heterocycles. The molecule has 1 saturated heterocycles. The van der Waals surface area contributed by atoms with E-state index in [4.69, 9.17) is 4.74 Å². The number of nitrogens with zero attached hydrogens (tertiary/aromatic N) is 3. The number of nitro groups is 1. The first-order valence-electron chi connectivity index (χ1n) is 7.66. The highest BCUT2D eigenvalue weighted by atomic mass is 32.2. The third kappa shape index (κ3) is 4.50. The fourth-order valence-electron chi connectivity index (χ4n) is 2.52. The highest BCUT2D eigenvalue weighted by molar-refractivity contribution is 7.85. The van der Waals surface area contributed by atoms with Gasteiger partial charge in [-0.1, -0.05) is 0 Å². The van der Waals surface area contributed by atoms with Crippen LogP contribution in [-0.4, -0.2) is 49.0 Å². The molecule has 2 atom stereocenters. The SMILES string of the molecule is CC(C)(C)OC(=O)N1CCC[C@@H]1C[S@@](=O)c1ncccc1[N+](=O)[O-]. The Kier molecular flexibility index (Phi) is 5.53. The predicted molar refractivity (Wildman–Crippen MR) is 88.1 cm³/mol. The second kappa shape index (κ2) is 7.25.